The zero-order valence-electron chi connectivity index (χ0n) is 23.3. The minimum Gasteiger partial charge on any atom is -0.176 e. The van der Waals surface area contributed by atoms with E-state index in [1.165, 1.54) is 145 Å². The van der Waals surface area contributed by atoms with Crippen LogP contribution >= 0.6 is 36.2 Å². The molecule has 0 aliphatic heterocycles. The number of hydrogen-bond acceptors (Lipinski definition) is 3. The minimum absolute atomic E-state index is 0.615. The Morgan fingerprint density at radius 2 is 1.00 bits per heavy atom. The molecule has 3 heteroatoms. The zero-order chi connectivity index (χ0) is 24.4. The number of rotatable bonds is 27. The fourth-order valence-electron chi connectivity index (χ4n) is 4.68. The number of thioether (sulfide) groups is 2. The summed E-state index contributed by atoms with van der Waals surface area (Å²) < 4.78 is 0. The van der Waals surface area contributed by atoms with E-state index in [9.17, 15) is 0 Å². The first kappa shape index (κ1) is 34.0. The Balaban J connectivity index is 4.14. The Kier molecular flexibility index (Phi) is 28.5. The van der Waals surface area contributed by atoms with Crippen molar-refractivity contribution in [2.24, 2.45) is 11.8 Å². The van der Waals surface area contributed by atoms with Gasteiger partial charge in [-0.3, -0.25) is 0 Å². The average Bonchev–Trinajstić information content (AvgIpc) is 2.80. The van der Waals surface area contributed by atoms with Crippen LogP contribution in [0.4, 0.5) is 0 Å². The first-order valence-electron chi connectivity index (χ1n) is 15.0. The highest BCUT2D eigenvalue weighted by Crippen LogP contribution is 2.28. The highest BCUT2D eigenvalue weighted by Gasteiger charge is 2.17. The van der Waals surface area contributed by atoms with E-state index < -0.39 is 0 Å². The molecule has 0 saturated heterocycles. The Hall–Kier alpha value is 1.05. The molecule has 0 aromatic heterocycles. The van der Waals surface area contributed by atoms with Gasteiger partial charge in [0.05, 0.1) is 0 Å². The summed E-state index contributed by atoms with van der Waals surface area (Å²) in [7, 11) is 0. The van der Waals surface area contributed by atoms with Gasteiger partial charge < -0.3 is 0 Å². The molecule has 0 radical (unpaired) electrons. The van der Waals surface area contributed by atoms with Gasteiger partial charge in [-0.2, -0.15) is 36.2 Å². The molecule has 0 fully saturated rings. The fraction of sp³-hybridized carbons (Fsp3) is 1.00. The second-order valence-electron chi connectivity index (χ2n) is 10.6. The monoisotopic (exact) mass is 518 g/mol. The van der Waals surface area contributed by atoms with Crippen LogP contribution in [0.25, 0.3) is 0 Å². The van der Waals surface area contributed by atoms with Gasteiger partial charge in [0.15, 0.2) is 0 Å². The minimum atomic E-state index is 0.615. The lowest BCUT2D eigenvalue weighted by Crippen LogP contribution is -2.16. The Morgan fingerprint density at radius 3 is 1.55 bits per heavy atom. The molecule has 33 heavy (non-hydrogen) atoms. The molecular formula is C30H62S3. The van der Waals surface area contributed by atoms with Gasteiger partial charge in [0.2, 0.25) is 0 Å². The molecule has 0 N–H and O–H groups in total. The largest absolute Gasteiger partial charge is 0.176 e. The molecule has 3 unspecified atom stereocenters. The number of thiol groups is 1. The molecule has 0 bridgehead atoms. The SMILES string of the molecule is CCCCCCCCSCC(C)CC(CSCCCCCCCC)CC(S)CCCCCC. The van der Waals surface area contributed by atoms with Crippen LogP contribution in [0.5, 0.6) is 0 Å². The number of unbranched alkanes of at least 4 members (excludes halogenated alkanes) is 13. The molecular weight excluding hydrogens is 457 g/mol. The maximum Gasteiger partial charge on any atom is 0.00197 e. The predicted molar refractivity (Wildman–Crippen MR) is 165 cm³/mol. The van der Waals surface area contributed by atoms with E-state index in [2.05, 4.69) is 51.2 Å². The first-order valence-corrected chi connectivity index (χ1v) is 17.8. The highest BCUT2D eigenvalue weighted by atomic mass is 32.2. The van der Waals surface area contributed by atoms with Crippen LogP contribution < -0.4 is 0 Å². The Morgan fingerprint density at radius 1 is 0.545 bits per heavy atom. The molecule has 0 spiro atoms. The van der Waals surface area contributed by atoms with Gasteiger partial charge in [0.1, 0.15) is 0 Å². The standard InChI is InChI=1S/C30H62S3/c1-5-8-11-14-16-19-22-32-26-28(4)24-29(25-30(31)21-18-13-10-7-3)27-33-23-20-17-15-12-9-6-2/h28-31H,5-27H2,1-4H3. The molecule has 200 valence electrons. The molecule has 0 heterocycles. The summed E-state index contributed by atoms with van der Waals surface area (Å²) in [5, 5.41) is 0.615. The Bertz CT molecular complexity index is 360. The molecule has 0 rings (SSSR count). The average molecular weight is 519 g/mol. The summed E-state index contributed by atoms with van der Waals surface area (Å²) in [4.78, 5) is 0. The van der Waals surface area contributed by atoms with Gasteiger partial charge in [-0.05, 0) is 67.0 Å². The van der Waals surface area contributed by atoms with Gasteiger partial charge >= 0.3 is 0 Å². The van der Waals surface area contributed by atoms with E-state index in [-0.39, 0.29) is 0 Å². The molecule has 0 aliphatic rings. The molecule has 0 amide bonds. The van der Waals surface area contributed by atoms with Crippen molar-refractivity contribution in [3.05, 3.63) is 0 Å². The topological polar surface area (TPSA) is 0 Å². The summed E-state index contributed by atoms with van der Waals surface area (Å²) in [6, 6.07) is 0. The summed E-state index contributed by atoms with van der Waals surface area (Å²) in [6.45, 7) is 9.43. The quantitative estimate of drug-likeness (QED) is 0.0847. The van der Waals surface area contributed by atoms with Crippen molar-refractivity contribution in [1.29, 1.82) is 0 Å². The molecule has 0 nitrogen and oxygen atoms in total. The van der Waals surface area contributed by atoms with Gasteiger partial charge in [-0.25, -0.2) is 0 Å². The lowest BCUT2D eigenvalue weighted by atomic mass is 9.93. The van der Waals surface area contributed by atoms with Crippen molar-refractivity contribution in [2.75, 3.05) is 23.0 Å². The predicted octanol–water partition coefficient (Wildman–Crippen LogP) is 11.5. The van der Waals surface area contributed by atoms with E-state index in [1.54, 1.807) is 0 Å². The van der Waals surface area contributed by atoms with E-state index in [1.807, 2.05) is 0 Å². The second-order valence-corrected chi connectivity index (χ2v) is 13.7. The van der Waals surface area contributed by atoms with Crippen LogP contribution in [0.2, 0.25) is 0 Å². The van der Waals surface area contributed by atoms with Crippen LogP contribution in [-0.4, -0.2) is 28.3 Å². The smallest absolute Gasteiger partial charge is 0.00197 e. The van der Waals surface area contributed by atoms with Gasteiger partial charge in [-0.1, -0.05) is 118 Å². The highest BCUT2D eigenvalue weighted by molar-refractivity contribution is 7.99. The normalized spacial score (nSPS) is 14.5. The van der Waals surface area contributed by atoms with Crippen molar-refractivity contribution in [1.82, 2.24) is 0 Å². The van der Waals surface area contributed by atoms with E-state index in [0.29, 0.717) is 5.25 Å². The summed E-state index contributed by atoms with van der Waals surface area (Å²) >= 11 is 9.49. The Labute approximate surface area is 225 Å². The van der Waals surface area contributed by atoms with Gasteiger partial charge in [-0.15, -0.1) is 0 Å². The lowest BCUT2D eigenvalue weighted by molar-refractivity contribution is 0.412. The third kappa shape index (κ3) is 25.9. The summed E-state index contributed by atoms with van der Waals surface area (Å²) in [5.41, 5.74) is 0. The molecule has 0 aliphatic carbocycles. The lowest BCUT2D eigenvalue weighted by Gasteiger charge is -2.24. The molecule has 0 aromatic carbocycles. The summed E-state index contributed by atoms with van der Waals surface area (Å²) in [6.07, 6.45) is 26.7. The van der Waals surface area contributed by atoms with Crippen LogP contribution in [0.3, 0.4) is 0 Å². The first-order chi connectivity index (χ1) is 16.1. The van der Waals surface area contributed by atoms with Crippen LogP contribution in [0.15, 0.2) is 0 Å². The number of hydrogen-bond donors (Lipinski definition) is 1. The van der Waals surface area contributed by atoms with Crippen LogP contribution in [0.1, 0.15) is 150 Å². The third-order valence-electron chi connectivity index (χ3n) is 6.77. The van der Waals surface area contributed by atoms with Crippen molar-refractivity contribution in [2.45, 2.75) is 155 Å². The van der Waals surface area contributed by atoms with Crippen molar-refractivity contribution >= 4 is 36.2 Å². The van der Waals surface area contributed by atoms with E-state index in [0.717, 1.165) is 11.8 Å². The third-order valence-corrected chi connectivity index (χ3v) is 9.91. The maximum atomic E-state index is 5.02. The molecule has 0 aromatic rings. The second kappa shape index (κ2) is 27.6. The van der Waals surface area contributed by atoms with Crippen molar-refractivity contribution < 1.29 is 0 Å². The molecule has 3 atom stereocenters. The zero-order valence-corrected chi connectivity index (χ0v) is 25.8. The van der Waals surface area contributed by atoms with E-state index in [4.69, 9.17) is 12.6 Å². The van der Waals surface area contributed by atoms with E-state index >= 15 is 0 Å². The summed E-state index contributed by atoms with van der Waals surface area (Å²) in [5.74, 6) is 7.20. The van der Waals surface area contributed by atoms with Gasteiger partial charge in [0, 0.05) is 5.25 Å². The van der Waals surface area contributed by atoms with Crippen molar-refractivity contribution in [3.8, 4) is 0 Å². The van der Waals surface area contributed by atoms with Crippen LogP contribution in [0, 0.1) is 11.8 Å². The molecule has 0 saturated carbocycles. The van der Waals surface area contributed by atoms with Crippen LogP contribution in [-0.2, 0) is 0 Å². The van der Waals surface area contributed by atoms with Gasteiger partial charge in [0.25, 0.3) is 0 Å². The maximum absolute atomic E-state index is 5.02. The van der Waals surface area contributed by atoms with Crippen molar-refractivity contribution in [3.63, 3.8) is 0 Å². The fourth-order valence-corrected chi connectivity index (χ4v) is 7.46.